The topological polar surface area (TPSA) is 66.4 Å². The summed E-state index contributed by atoms with van der Waals surface area (Å²) < 4.78 is 41.0. The quantitative estimate of drug-likeness (QED) is 0.429. The van der Waals surface area contributed by atoms with Crippen LogP contribution in [0, 0.1) is 5.82 Å². The van der Waals surface area contributed by atoms with E-state index < -0.39 is 17.9 Å². The fourth-order valence-corrected chi connectivity index (χ4v) is 7.25. The highest BCUT2D eigenvalue weighted by Crippen LogP contribution is 2.40. The Hall–Kier alpha value is -3.10. The van der Waals surface area contributed by atoms with E-state index in [1.165, 1.54) is 0 Å². The van der Waals surface area contributed by atoms with Crippen LogP contribution < -0.4 is 15.0 Å². The predicted octanol–water partition coefficient (Wildman–Crippen LogP) is 5.37. The minimum atomic E-state index is -2.02. The second kappa shape index (κ2) is 10.1. The predicted molar refractivity (Wildman–Crippen MR) is 157 cm³/mol. The van der Waals surface area contributed by atoms with E-state index in [1.54, 1.807) is 6.20 Å². The molecule has 7 nitrogen and oxygen atoms in total. The van der Waals surface area contributed by atoms with Crippen molar-refractivity contribution in [3.63, 3.8) is 0 Å². The summed E-state index contributed by atoms with van der Waals surface area (Å²) in [6.07, 6.45) is 7.88. The van der Waals surface area contributed by atoms with Gasteiger partial charge in [0.15, 0.2) is 5.82 Å². The number of rotatable bonds is 7. The summed E-state index contributed by atoms with van der Waals surface area (Å²) in [5, 5.41) is 4.16. The van der Waals surface area contributed by atoms with Crippen LogP contribution in [0.4, 0.5) is 10.2 Å². The normalized spacial score (nSPS) is 24.7. The Bertz CT molecular complexity index is 1540. The Morgan fingerprint density at radius 3 is 2.65 bits per heavy atom. The van der Waals surface area contributed by atoms with Crippen molar-refractivity contribution in [1.29, 1.82) is 0 Å². The van der Waals surface area contributed by atoms with Crippen LogP contribution in [0.5, 0.6) is 6.01 Å². The van der Waals surface area contributed by atoms with Gasteiger partial charge in [0.2, 0.25) is 0 Å². The lowest BCUT2D eigenvalue weighted by Crippen LogP contribution is -2.51. The molecule has 40 heavy (non-hydrogen) atoms. The van der Waals surface area contributed by atoms with E-state index in [0.717, 1.165) is 87.8 Å². The van der Waals surface area contributed by atoms with Crippen molar-refractivity contribution in [2.45, 2.75) is 76.4 Å². The molecule has 4 fully saturated rings. The van der Waals surface area contributed by atoms with Gasteiger partial charge in [-0.1, -0.05) is 31.2 Å². The van der Waals surface area contributed by atoms with E-state index in [2.05, 4.69) is 31.7 Å². The van der Waals surface area contributed by atoms with Crippen molar-refractivity contribution in [2.24, 2.45) is 0 Å². The number of hydrogen-bond acceptors (Lipinski definition) is 7. The first-order chi connectivity index (χ1) is 20.2. The number of benzene rings is 1. The SMILES string of the molecule is [2H]C([2H])(Oc1nc(N2C[C@H]3CC[C@@H](C2)N3)c2cnc(-c3cc(C(=C)C)ccc3CC)c(F)c2n1)C12CCCN1CCC2. The smallest absolute Gasteiger partial charge is 0.319 e. The molecule has 8 heteroatoms. The third-order valence-electron chi connectivity index (χ3n) is 9.37. The molecule has 1 N–H and O–H groups in total. The highest BCUT2D eigenvalue weighted by atomic mass is 19.1. The lowest BCUT2D eigenvalue weighted by atomic mass is 9.95. The Labute approximate surface area is 238 Å². The summed E-state index contributed by atoms with van der Waals surface area (Å²) in [5.41, 5.74) is 3.13. The first-order valence-corrected chi connectivity index (χ1v) is 14.8. The van der Waals surface area contributed by atoms with Crippen LogP contribution in [0.3, 0.4) is 0 Å². The molecule has 2 aromatic heterocycles. The number of halogens is 1. The maximum Gasteiger partial charge on any atom is 0.319 e. The number of anilines is 1. The van der Waals surface area contributed by atoms with Crippen LogP contribution in [0.2, 0.25) is 0 Å². The van der Waals surface area contributed by atoms with Gasteiger partial charge in [0.05, 0.1) is 13.7 Å². The van der Waals surface area contributed by atoms with Crippen LogP contribution in [-0.2, 0) is 6.42 Å². The molecule has 2 atom stereocenters. The molecule has 0 unspecified atom stereocenters. The molecular weight excluding hydrogens is 503 g/mol. The van der Waals surface area contributed by atoms with E-state index >= 15 is 4.39 Å². The van der Waals surface area contributed by atoms with Crippen molar-refractivity contribution >= 4 is 22.3 Å². The molecule has 4 saturated heterocycles. The molecule has 0 saturated carbocycles. The van der Waals surface area contributed by atoms with E-state index in [1.807, 2.05) is 32.0 Å². The van der Waals surface area contributed by atoms with Gasteiger partial charge in [-0.15, -0.1) is 0 Å². The average Bonchev–Trinajstić information content (AvgIpc) is 3.67. The summed E-state index contributed by atoms with van der Waals surface area (Å²) in [5.74, 6) is 0.00973. The number of fused-ring (bicyclic) bond motifs is 4. The minimum Gasteiger partial charge on any atom is -0.461 e. The van der Waals surface area contributed by atoms with Crippen molar-refractivity contribution in [1.82, 2.24) is 25.2 Å². The fraction of sp³-hybridized carbons (Fsp3) is 0.531. The van der Waals surface area contributed by atoms with Gasteiger partial charge in [0.25, 0.3) is 0 Å². The minimum absolute atomic E-state index is 0.108. The summed E-state index contributed by atoms with van der Waals surface area (Å²) in [6, 6.07) is 6.50. The molecule has 0 aliphatic carbocycles. The number of ether oxygens (including phenoxy) is 1. The van der Waals surface area contributed by atoms with Crippen molar-refractivity contribution in [2.75, 3.05) is 37.6 Å². The van der Waals surface area contributed by atoms with Gasteiger partial charge in [-0.3, -0.25) is 9.88 Å². The molecule has 6 heterocycles. The Morgan fingerprint density at radius 2 is 1.95 bits per heavy atom. The lowest BCUT2D eigenvalue weighted by molar-refractivity contribution is 0.108. The number of aromatic nitrogens is 3. The molecule has 7 rings (SSSR count). The Kier molecular flexibility index (Phi) is 5.94. The third-order valence-corrected chi connectivity index (χ3v) is 9.37. The zero-order valence-corrected chi connectivity index (χ0v) is 23.5. The number of hydrogen-bond donors (Lipinski definition) is 1. The molecule has 3 aromatic rings. The first kappa shape index (κ1) is 23.6. The third kappa shape index (κ3) is 4.36. The van der Waals surface area contributed by atoms with Crippen LogP contribution in [-0.4, -0.2) is 70.2 Å². The molecule has 1 aromatic carbocycles. The Morgan fingerprint density at radius 1 is 1.20 bits per heavy atom. The summed E-state index contributed by atoms with van der Waals surface area (Å²) >= 11 is 0. The lowest BCUT2D eigenvalue weighted by Gasteiger charge is -2.34. The second-order valence-electron chi connectivity index (χ2n) is 12.0. The highest BCUT2D eigenvalue weighted by Gasteiger charge is 2.45. The van der Waals surface area contributed by atoms with Gasteiger partial charge in [0.1, 0.15) is 23.6 Å². The maximum absolute atomic E-state index is 16.7. The first-order valence-electron chi connectivity index (χ1n) is 15.8. The van der Waals surface area contributed by atoms with Crippen molar-refractivity contribution in [3.8, 4) is 17.3 Å². The summed E-state index contributed by atoms with van der Waals surface area (Å²) in [6.45, 7) is 9.21. The van der Waals surface area contributed by atoms with Gasteiger partial charge < -0.3 is 15.0 Å². The molecule has 2 bridgehead atoms. The zero-order valence-electron chi connectivity index (χ0n) is 25.5. The van der Waals surface area contributed by atoms with Crippen LogP contribution in [0.25, 0.3) is 27.7 Å². The van der Waals surface area contributed by atoms with Crippen LogP contribution in [0.15, 0.2) is 31.0 Å². The molecule has 4 aliphatic rings. The van der Waals surface area contributed by atoms with Gasteiger partial charge in [-0.05, 0) is 82.2 Å². The maximum atomic E-state index is 16.7. The zero-order chi connectivity index (χ0) is 29.2. The Balaban J connectivity index is 1.37. The van der Waals surface area contributed by atoms with Gasteiger partial charge in [0, 0.05) is 36.9 Å². The largest absolute Gasteiger partial charge is 0.461 e. The standard InChI is InChI=1S/C32H39FN6O/c1-4-21-7-8-22(20(2)3)15-25(21)28-27(33)29-26(16-34-28)30(38-17-23-9-10-24(18-38)35-23)37-31(36-29)40-19-32-11-5-13-39(32)14-6-12-32/h7-8,15-16,23-24,35H,2,4-6,9-14,17-19H2,1,3H3/t23-,24+/i19D2. The van der Waals surface area contributed by atoms with E-state index in [9.17, 15) is 0 Å². The number of pyridine rings is 1. The van der Waals surface area contributed by atoms with E-state index in [-0.39, 0.29) is 17.2 Å². The van der Waals surface area contributed by atoms with Gasteiger partial charge in [-0.2, -0.15) is 9.97 Å². The molecule has 210 valence electrons. The molecule has 0 spiro atoms. The molecule has 4 aliphatic heterocycles. The number of allylic oxidation sites excluding steroid dienone is 1. The number of nitrogens with zero attached hydrogens (tertiary/aromatic N) is 5. The van der Waals surface area contributed by atoms with Crippen molar-refractivity contribution < 1.29 is 11.9 Å². The van der Waals surface area contributed by atoms with E-state index in [0.29, 0.717) is 28.9 Å². The number of aryl methyl sites for hydroxylation is 1. The van der Waals surface area contributed by atoms with Gasteiger partial charge in [-0.25, -0.2) is 4.39 Å². The second-order valence-corrected chi connectivity index (χ2v) is 12.0. The monoisotopic (exact) mass is 544 g/mol. The molecule has 0 radical (unpaired) electrons. The van der Waals surface area contributed by atoms with E-state index in [4.69, 9.17) is 12.5 Å². The number of nitrogens with one attached hydrogen (secondary N) is 1. The highest BCUT2D eigenvalue weighted by molar-refractivity contribution is 5.92. The van der Waals surface area contributed by atoms with Gasteiger partial charge >= 0.3 is 6.01 Å². The average molecular weight is 545 g/mol. The summed E-state index contributed by atoms with van der Waals surface area (Å²) in [7, 11) is 0. The summed E-state index contributed by atoms with van der Waals surface area (Å²) in [4.78, 5) is 18.4. The van der Waals surface area contributed by atoms with Crippen LogP contribution in [0.1, 0.15) is 66.2 Å². The number of piperazine rings is 1. The fourth-order valence-electron chi connectivity index (χ4n) is 7.25. The van der Waals surface area contributed by atoms with Crippen LogP contribution >= 0.6 is 0 Å². The van der Waals surface area contributed by atoms with Crippen molar-refractivity contribution in [3.05, 3.63) is 47.9 Å². The molecule has 0 amide bonds. The molecular formula is C32H39FN6O.